The fraction of sp³-hybridized carbons (Fsp3) is 0.375. The first-order valence-corrected chi connectivity index (χ1v) is 11.1. The first-order valence-electron chi connectivity index (χ1n) is 10.7. The van der Waals surface area contributed by atoms with Crippen molar-refractivity contribution in [3.8, 4) is 11.5 Å². The van der Waals surface area contributed by atoms with Gasteiger partial charge in [0.2, 0.25) is 5.91 Å². The van der Waals surface area contributed by atoms with Crippen molar-refractivity contribution in [2.75, 3.05) is 24.7 Å². The van der Waals surface area contributed by atoms with Crippen LogP contribution in [-0.4, -0.2) is 43.4 Å². The van der Waals surface area contributed by atoms with Gasteiger partial charge in [0.1, 0.15) is 11.5 Å². The van der Waals surface area contributed by atoms with E-state index in [9.17, 15) is 14.4 Å². The average Bonchev–Trinajstić information content (AvgIpc) is 3.59. The molecule has 0 saturated heterocycles. The van der Waals surface area contributed by atoms with Gasteiger partial charge in [-0.2, -0.15) is 0 Å². The lowest BCUT2D eigenvalue weighted by molar-refractivity contribution is -0.122. The highest BCUT2D eigenvalue weighted by Crippen LogP contribution is 2.33. The Bertz CT molecular complexity index is 1050. The molecule has 7 nitrogen and oxygen atoms in total. The van der Waals surface area contributed by atoms with Crippen LogP contribution in [0.4, 0.5) is 5.69 Å². The van der Waals surface area contributed by atoms with E-state index in [1.165, 1.54) is 0 Å². The summed E-state index contributed by atoms with van der Waals surface area (Å²) in [5.74, 6) is 0.687. The number of aryl methyl sites for hydroxylation is 1. The highest BCUT2D eigenvalue weighted by Gasteiger charge is 2.27. The van der Waals surface area contributed by atoms with Crippen LogP contribution in [0.3, 0.4) is 0 Å². The lowest BCUT2D eigenvalue weighted by atomic mass is 10.1. The maximum absolute atomic E-state index is 12.7. The number of ketones is 1. The molecule has 1 aliphatic heterocycles. The first kappa shape index (κ1) is 22.1. The Morgan fingerprint density at radius 1 is 1.22 bits per heavy atom. The molecule has 0 atom stereocenters. The second kappa shape index (κ2) is 9.61. The van der Waals surface area contributed by atoms with Crippen molar-refractivity contribution in [1.29, 1.82) is 0 Å². The number of anilines is 1. The minimum atomic E-state index is -0.220. The summed E-state index contributed by atoms with van der Waals surface area (Å²) in [7, 11) is 0. The molecule has 2 aliphatic rings. The fourth-order valence-corrected chi connectivity index (χ4v) is 3.60. The molecule has 168 valence electrons. The molecule has 0 radical (unpaired) electrons. The van der Waals surface area contributed by atoms with Gasteiger partial charge in [-0.1, -0.05) is 11.6 Å². The number of benzene rings is 2. The highest BCUT2D eigenvalue weighted by molar-refractivity contribution is 6.31. The molecule has 0 aromatic heterocycles. The number of fused-ring (bicyclic) bond motifs is 1. The molecule has 4 rings (SSSR count). The molecule has 1 N–H and O–H groups in total. The van der Waals surface area contributed by atoms with Crippen LogP contribution in [-0.2, 0) is 9.59 Å². The van der Waals surface area contributed by atoms with E-state index in [0.717, 1.165) is 18.4 Å². The van der Waals surface area contributed by atoms with E-state index < -0.39 is 0 Å². The molecule has 0 bridgehead atoms. The first-order chi connectivity index (χ1) is 15.4. The van der Waals surface area contributed by atoms with Crippen molar-refractivity contribution in [3.63, 3.8) is 0 Å². The number of carbonyl (C=O) groups is 3. The lowest BCUT2D eigenvalue weighted by Gasteiger charge is -2.29. The summed E-state index contributed by atoms with van der Waals surface area (Å²) in [5.41, 5.74) is 1.82. The zero-order valence-electron chi connectivity index (χ0n) is 17.9. The summed E-state index contributed by atoms with van der Waals surface area (Å²) in [5, 5.41) is 3.58. The van der Waals surface area contributed by atoms with Crippen LogP contribution in [0.1, 0.15) is 41.6 Å². The SMILES string of the molecule is Cc1cc(OCC(=O)c2ccc3c(c2)N(CCCC(=O)NC2CC2)C(=O)CO3)ccc1Cl. The maximum Gasteiger partial charge on any atom is 0.265 e. The zero-order chi connectivity index (χ0) is 22.7. The third-order valence-corrected chi connectivity index (χ3v) is 5.88. The topological polar surface area (TPSA) is 84.9 Å². The van der Waals surface area contributed by atoms with Crippen molar-refractivity contribution in [1.82, 2.24) is 5.32 Å². The van der Waals surface area contributed by atoms with Gasteiger partial charge in [0.05, 0.1) is 5.69 Å². The van der Waals surface area contributed by atoms with Crippen LogP contribution in [0.15, 0.2) is 36.4 Å². The number of hydrogen-bond acceptors (Lipinski definition) is 5. The summed E-state index contributed by atoms with van der Waals surface area (Å²) in [6.45, 7) is 2.04. The number of Topliss-reactive ketones (excluding diaryl/α,β-unsaturated/α-hetero) is 1. The van der Waals surface area contributed by atoms with Crippen molar-refractivity contribution in [2.45, 2.75) is 38.6 Å². The normalized spacial score (nSPS) is 15.1. The van der Waals surface area contributed by atoms with E-state index in [0.29, 0.717) is 53.2 Å². The van der Waals surface area contributed by atoms with Crippen molar-refractivity contribution in [2.24, 2.45) is 0 Å². The van der Waals surface area contributed by atoms with Gasteiger partial charge in [-0.25, -0.2) is 0 Å². The number of hydrogen-bond donors (Lipinski definition) is 1. The van der Waals surface area contributed by atoms with E-state index in [1.807, 2.05) is 6.92 Å². The average molecular weight is 457 g/mol. The second-order valence-electron chi connectivity index (χ2n) is 8.08. The lowest BCUT2D eigenvalue weighted by Crippen LogP contribution is -2.40. The maximum atomic E-state index is 12.7. The molecule has 2 amide bonds. The van der Waals surface area contributed by atoms with E-state index in [-0.39, 0.29) is 30.8 Å². The Labute approximate surface area is 191 Å². The molecule has 0 unspecified atom stereocenters. The van der Waals surface area contributed by atoms with E-state index >= 15 is 0 Å². The molecule has 1 fully saturated rings. The number of nitrogens with one attached hydrogen (secondary N) is 1. The van der Waals surface area contributed by atoms with Gasteiger partial charge in [-0.3, -0.25) is 14.4 Å². The predicted octanol–water partition coefficient (Wildman–Crippen LogP) is 3.69. The smallest absolute Gasteiger partial charge is 0.265 e. The van der Waals surface area contributed by atoms with Crippen molar-refractivity contribution >= 4 is 34.9 Å². The third kappa shape index (κ3) is 5.40. The van der Waals surface area contributed by atoms with Gasteiger partial charge < -0.3 is 19.7 Å². The number of ether oxygens (including phenoxy) is 2. The van der Waals surface area contributed by atoms with E-state index in [2.05, 4.69) is 5.32 Å². The quantitative estimate of drug-likeness (QED) is 0.581. The van der Waals surface area contributed by atoms with Crippen molar-refractivity contribution < 1.29 is 23.9 Å². The molecular formula is C24H25ClN2O5. The Balaban J connectivity index is 1.40. The highest BCUT2D eigenvalue weighted by atomic mass is 35.5. The standard InChI is InChI=1S/C24H25ClN2O5/c1-15-11-18(7-8-19(15)25)31-13-21(28)16-4-9-22-20(12-16)27(24(30)14-32-22)10-2-3-23(29)26-17-5-6-17/h4,7-9,11-12,17H,2-3,5-6,10,13-14H2,1H3,(H,26,29). The largest absolute Gasteiger partial charge is 0.485 e. The van der Waals surface area contributed by atoms with E-state index in [1.54, 1.807) is 41.3 Å². The number of carbonyl (C=O) groups excluding carboxylic acids is 3. The van der Waals surface area contributed by atoms with E-state index in [4.69, 9.17) is 21.1 Å². The molecule has 2 aromatic rings. The summed E-state index contributed by atoms with van der Waals surface area (Å²) >= 11 is 6.02. The molecule has 32 heavy (non-hydrogen) atoms. The number of rotatable bonds is 9. The summed E-state index contributed by atoms with van der Waals surface area (Å²) in [4.78, 5) is 38.7. The van der Waals surface area contributed by atoms with Crippen LogP contribution in [0.25, 0.3) is 0 Å². The molecule has 0 spiro atoms. The summed E-state index contributed by atoms with van der Waals surface area (Å²) in [6.07, 6.45) is 2.96. The Morgan fingerprint density at radius 3 is 2.78 bits per heavy atom. The van der Waals surface area contributed by atoms with Crippen molar-refractivity contribution in [3.05, 3.63) is 52.5 Å². The van der Waals surface area contributed by atoms with Gasteiger partial charge >= 0.3 is 0 Å². The van der Waals surface area contributed by atoms with Crippen LogP contribution in [0.5, 0.6) is 11.5 Å². The molecular weight excluding hydrogens is 432 g/mol. The van der Waals surface area contributed by atoms with Crippen LogP contribution < -0.4 is 19.7 Å². The number of halogens is 1. The minimum absolute atomic E-state index is 0.00643. The molecule has 1 heterocycles. The van der Waals surface area contributed by atoms with Gasteiger partial charge in [0.15, 0.2) is 19.0 Å². The van der Waals surface area contributed by atoms with Crippen LogP contribution in [0.2, 0.25) is 5.02 Å². The number of amides is 2. The Kier molecular flexibility index (Phi) is 6.65. The summed E-state index contributed by atoms with van der Waals surface area (Å²) < 4.78 is 11.1. The van der Waals surface area contributed by atoms with Gasteiger partial charge in [-0.15, -0.1) is 0 Å². The zero-order valence-corrected chi connectivity index (χ0v) is 18.6. The Hall–Kier alpha value is -3.06. The minimum Gasteiger partial charge on any atom is -0.485 e. The fourth-order valence-electron chi connectivity index (χ4n) is 3.49. The third-order valence-electron chi connectivity index (χ3n) is 5.45. The van der Waals surface area contributed by atoms with Crippen LogP contribution in [0, 0.1) is 6.92 Å². The molecule has 1 saturated carbocycles. The molecule has 8 heteroatoms. The van der Waals surface area contributed by atoms with Gasteiger partial charge in [0, 0.05) is 29.6 Å². The second-order valence-corrected chi connectivity index (χ2v) is 8.49. The molecule has 1 aliphatic carbocycles. The van der Waals surface area contributed by atoms with Gasteiger partial charge in [-0.05, 0) is 68.1 Å². The monoisotopic (exact) mass is 456 g/mol. The van der Waals surface area contributed by atoms with Crippen LogP contribution >= 0.6 is 11.6 Å². The van der Waals surface area contributed by atoms with Gasteiger partial charge in [0.25, 0.3) is 5.91 Å². The number of nitrogens with zero attached hydrogens (tertiary/aromatic N) is 1. The predicted molar refractivity (Wildman–Crippen MR) is 121 cm³/mol. The summed E-state index contributed by atoms with van der Waals surface area (Å²) in [6, 6.07) is 10.5. The Morgan fingerprint density at radius 2 is 2.03 bits per heavy atom. The molecule has 2 aromatic carbocycles.